The SMILES string of the molecule is CN(C)S(=O)(=O)NCCNc1nc(C2CC2)nc2sc3c(c12)CCCC3. The molecular formula is C17H25N5O2S2. The highest BCUT2D eigenvalue weighted by molar-refractivity contribution is 7.87. The van der Waals surface area contributed by atoms with Crippen molar-refractivity contribution in [2.75, 3.05) is 32.5 Å². The van der Waals surface area contributed by atoms with Crippen LogP contribution >= 0.6 is 11.3 Å². The molecule has 9 heteroatoms. The van der Waals surface area contributed by atoms with Crippen LogP contribution in [-0.4, -0.2) is 49.9 Å². The first-order chi connectivity index (χ1) is 12.5. The summed E-state index contributed by atoms with van der Waals surface area (Å²) in [4.78, 5) is 12.2. The van der Waals surface area contributed by atoms with Gasteiger partial charge in [0.15, 0.2) is 0 Å². The van der Waals surface area contributed by atoms with Gasteiger partial charge in [-0.25, -0.2) is 14.7 Å². The van der Waals surface area contributed by atoms with Crippen molar-refractivity contribution in [1.82, 2.24) is 19.0 Å². The summed E-state index contributed by atoms with van der Waals surface area (Å²) in [5, 5.41) is 4.53. The van der Waals surface area contributed by atoms with Crippen molar-refractivity contribution in [2.45, 2.75) is 44.4 Å². The summed E-state index contributed by atoms with van der Waals surface area (Å²) in [6, 6.07) is 0. The van der Waals surface area contributed by atoms with Gasteiger partial charge in [0, 0.05) is 38.0 Å². The summed E-state index contributed by atoms with van der Waals surface area (Å²) in [7, 11) is -0.363. The van der Waals surface area contributed by atoms with E-state index in [1.54, 1.807) is 0 Å². The van der Waals surface area contributed by atoms with E-state index in [1.165, 1.54) is 54.5 Å². The van der Waals surface area contributed by atoms with E-state index in [0.717, 1.165) is 34.7 Å². The number of aryl methyl sites for hydroxylation is 2. The fraction of sp³-hybridized carbons (Fsp3) is 0.647. The average molecular weight is 396 g/mol. The summed E-state index contributed by atoms with van der Waals surface area (Å²) < 4.78 is 27.4. The van der Waals surface area contributed by atoms with E-state index in [9.17, 15) is 8.42 Å². The Morgan fingerprint density at radius 3 is 2.65 bits per heavy atom. The van der Waals surface area contributed by atoms with Crippen LogP contribution in [0.2, 0.25) is 0 Å². The molecule has 0 atom stereocenters. The molecule has 2 aliphatic rings. The van der Waals surface area contributed by atoms with Gasteiger partial charge >= 0.3 is 0 Å². The predicted octanol–water partition coefficient (Wildman–Crippen LogP) is 2.26. The molecule has 1 saturated carbocycles. The Morgan fingerprint density at radius 1 is 1.15 bits per heavy atom. The molecule has 0 unspecified atom stereocenters. The number of fused-ring (bicyclic) bond motifs is 3. The molecule has 2 heterocycles. The maximum Gasteiger partial charge on any atom is 0.278 e. The molecule has 0 radical (unpaired) electrons. The number of rotatable bonds is 7. The molecule has 26 heavy (non-hydrogen) atoms. The average Bonchev–Trinajstić information content (AvgIpc) is 3.39. The molecular weight excluding hydrogens is 370 g/mol. The standard InChI is InChI=1S/C17H25N5O2S2/c1-22(2)26(23,24)19-10-9-18-16-14-12-5-3-4-6-13(12)25-17(14)21-15(20-16)11-7-8-11/h11,19H,3-10H2,1-2H3,(H,18,20,21). The lowest BCUT2D eigenvalue weighted by Gasteiger charge is -2.15. The highest BCUT2D eigenvalue weighted by Gasteiger charge is 2.29. The van der Waals surface area contributed by atoms with E-state index in [1.807, 2.05) is 11.3 Å². The van der Waals surface area contributed by atoms with Gasteiger partial charge in [0.25, 0.3) is 10.2 Å². The smallest absolute Gasteiger partial charge is 0.278 e. The molecule has 0 aromatic carbocycles. The van der Waals surface area contributed by atoms with Gasteiger partial charge in [-0.1, -0.05) is 0 Å². The van der Waals surface area contributed by atoms with Gasteiger partial charge in [0.05, 0.1) is 5.39 Å². The van der Waals surface area contributed by atoms with Crippen LogP contribution in [0.3, 0.4) is 0 Å². The lowest BCUT2D eigenvalue weighted by molar-refractivity contribution is 0.507. The first kappa shape index (κ1) is 18.1. The van der Waals surface area contributed by atoms with E-state index in [4.69, 9.17) is 9.97 Å². The Morgan fingerprint density at radius 2 is 1.92 bits per heavy atom. The maximum atomic E-state index is 11.8. The molecule has 0 aliphatic heterocycles. The molecule has 2 aromatic rings. The van der Waals surface area contributed by atoms with Gasteiger partial charge in [-0.3, -0.25) is 0 Å². The van der Waals surface area contributed by atoms with Crippen molar-refractivity contribution in [1.29, 1.82) is 0 Å². The predicted molar refractivity (Wildman–Crippen MR) is 105 cm³/mol. The number of aromatic nitrogens is 2. The molecule has 2 aliphatic carbocycles. The van der Waals surface area contributed by atoms with Crippen LogP contribution in [0.15, 0.2) is 0 Å². The van der Waals surface area contributed by atoms with Crippen molar-refractivity contribution < 1.29 is 8.42 Å². The summed E-state index contributed by atoms with van der Waals surface area (Å²) >= 11 is 1.81. The van der Waals surface area contributed by atoms with Crippen molar-refractivity contribution in [3.63, 3.8) is 0 Å². The van der Waals surface area contributed by atoms with Crippen LogP contribution in [0.25, 0.3) is 10.2 Å². The van der Waals surface area contributed by atoms with E-state index in [2.05, 4.69) is 10.0 Å². The zero-order valence-electron chi connectivity index (χ0n) is 15.2. The fourth-order valence-electron chi connectivity index (χ4n) is 3.32. The highest BCUT2D eigenvalue weighted by Crippen LogP contribution is 2.43. The minimum atomic E-state index is -3.40. The summed E-state index contributed by atoms with van der Waals surface area (Å²) in [6.07, 6.45) is 7.01. The number of nitrogens with one attached hydrogen (secondary N) is 2. The van der Waals surface area contributed by atoms with Crippen LogP contribution in [0.5, 0.6) is 0 Å². The van der Waals surface area contributed by atoms with Gasteiger partial charge in [0.1, 0.15) is 16.5 Å². The Balaban J connectivity index is 1.57. The monoisotopic (exact) mass is 395 g/mol. The lowest BCUT2D eigenvalue weighted by atomic mass is 9.97. The number of anilines is 1. The summed E-state index contributed by atoms with van der Waals surface area (Å²) in [6.45, 7) is 0.811. The largest absolute Gasteiger partial charge is 0.368 e. The Kier molecular flexibility index (Phi) is 4.89. The summed E-state index contributed by atoms with van der Waals surface area (Å²) in [5.41, 5.74) is 1.40. The number of hydrogen-bond acceptors (Lipinski definition) is 6. The number of thiophene rings is 1. The maximum absolute atomic E-state index is 11.8. The van der Waals surface area contributed by atoms with Crippen LogP contribution < -0.4 is 10.0 Å². The van der Waals surface area contributed by atoms with Crippen molar-refractivity contribution in [3.05, 3.63) is 16.3 Å². The van der Waals surface area contributed by atoms with Gasteiger partial charge in [-0.05, 0) is 44.1 Å². The number of hydrogen-bond donors (Lipinski definition) is 2. The zero-order valence-corrected chi connectivity index (χ0v) is 16.8. The third-order valence-corrected chi connectivity index (χ3v) is 7.67. The van der Waals surface area contributed by atoms with Gasteiger partial charge in [0.2, 0.25) is 0 Å². The highest BCUT2D eigenvalue weighted by atomic mass is 32.2. The van der Waals surface area contributed by atoms with Crippen LogP contribution in [0, 0.1) is 0 Å². The Labute approximate surface area is 158 Å². The van der Waals surface area contributed by atoms with Crippen molar-refractivity contribution >= 4 is 37.6 Å². The van der Waals surface area contributed by atoms with Gasteiger partial charge in [-0.2, -0.15) is 12.7 Å². The normalized spacial score (nSPS) is 17.7. The van der Waals surface area contributed by atoms with E-state index < -0.39 is 10.2 Å². The Bertz CT molecular complexity index is 919. The fourth-order valence-corrected chi connectivity index (χ4v) is 5.20. The molecule has 7 nitrogen and oxygen atoms in total. The van der Waals surface area contributed by atoms with Gasteiger partial charge in [-0.15, -0.1) is 11.3 Å². The van der Waals surface area contributed by atoms with E-state index in [0.29, 0.717) is 19.0 Å². The minimum Gasteiger partial charge on any atom is -0.368 e. The zero-order chi connectivity index (χ0) is 18.3. The van der Waals surface area contributed by atoms with E-state index >= 15 is 0 Å². The molecule has 142 valence electrons. The lowest BCUT2D eigenvalue weighted by Crippen LogP contribution is -2.38. The Hall–Kier alpha value is -1.29. The minimum absolute atomic E-state index is 0.317. The third-order valence-electron chi connectivity index (χ3n) is 4.96. The molecule has 2 aromatic heterocycles. The first-order valence-electron chi connectivity index (χ1n) is 9.19. The van der Waals surface area contributed by atoms with E-state index in [-0.39, 0.29) is 0 Å². The molecule has 0 spiro atoms. The molecule has 0 bridgehead atoms. The van der Waals surface area contributed by atoms with Crippen LogP contribution in [-0.2, 0) is 23.1 Å². The second-order valence-corrected chi connectivity index (χ2v) is 10.3. The van der Waals surface area contributed by atoms with Crippen LogP contribution in [0.1, 0.15) is 47.9 Å². The molecule has 2 N–H and O–H groups in total. The molecule has 4 rings (SSSR count). The topological polar surface area (TPSA) is 87.2 Å². The summed E-state index contributed by atoms with van der Waals surface area (Å²) in [5.74, 6) is 2.30. The second kappa shape index (κ2) is 7.03. The van der Waals surface area contributed by atoms with Gasteiger partial charge < -0.3 is 5.32 Å². The molecule has 1 fully saturated rings. The third kappa shape index (κ3) is 3.58. The first-order valence-corrected chi connectivity index (χ1v) is 11.4. The van der Waals surface area contributed by atoms with Crippen LogP contribution in [0.4, 0.5) is 5.82 Å². The number of nitrogens with zero attached hydrogens (tertiary/aromatic N) is 3. The molecule has 0 saturated heterocycles. The second-order valence-electron chi connectivity index (χ2n) is 7.20. The van der Waals surface area contributed by atoms with Crippen molar-refractivity contribution in [3.8, 4) is 0 Å². The molecule has 0 amide bonds. The quantitative estimate of drug-likeness (QED) is 0.702. The van der Waals surface area contributed by atoms with Crippen molar-refractivity contribution in [2.24, 2.45) is 0 Å².